The summed E-state index contributed by atoms with van der Waals surface area (Å²) in [4.78, 5) is 23.1. The van der Waals surface area contributed by atoms with Gasteiger partial charge in [0.15, 0.2) is 0 Å². The lowest BCUT2D eigenvalue weighted by atomic mass is 9.84. The largest absolute Gasteiger partial charge is 0.291 e. The molecular formula is C26H26N2O2. The van der Waals surface area contributed by atoms with Crippen molar-refractivity contribution >= 4 is 11.6 Å². The van der Waals surface area contributed by atoms with Gasteiger partial charge in [0.25, 0.3) is 5.91 Å². The smallest absolute Gasteiger partial charge is 0.272 e. The predicted octanol–water partition coefficient (Wildman–Crippen LogP) is 5.11. The van der Waals surface area contributed by atoms with Crippen molar-refractivity contribution in [3.05, 3.63) is 102 Å². The number of rotatable bonds is 3. The average molecular weight is 399 g/mol. The second-order valence-electron chi connectivity index (χ2n) is 8.67. The van der Waals surface area contributed by atoms with Crippen LogP contribution in [0.1, 0.15) is 37.8 Å². The van der Waals surface area contributed by atoms with Gasteiger partial charge in [-0.1, -0.05) is 78.9 Å². The number of carbonyl (C=O) groups is 1. The molecule has 1 atom stereocenters. The van der Waals surface area contributed by atoms with Crippen LogP contribution >= 0.6 is 0 Å². The summed E-state index contributed by atoms with van der Waals surface area (Å²) in [5.74, 6) is -0.0509. The maximum Gasteiger partial charge on any atom is 0.272 e. The van der Waals surface area contributed by atoms with Crippen molar-refractivity contribution in [2.45, 2.75) is 44.0 Å². The van der Waals surface area contributed by atoms with Crippen LogP contribution in [0, 0.1) is 0 Å². The molecule has 0 N–H and O–H groups in total. The number of carbonyl (C=O) groups excluding carboxylic acids is 1. The molecule has 2 fully saturated rings. The minimum Gasteiger partial charge on any atom is -0.291 e. The average Bonchev–Trinajstić information content (AvgIpc) is 3.09. The molecule has 3 aromatic rings. The second kappa shape index (κ2) is 7.08. The van der Waals surface area contributed by atoms with E-state index in [0.29, 0.717) is 0 Å². The summed E-state index contributed by atoms with van der Waals surface area (Å²) in [7, 11) is 0. The summed E-state index contributed by atoms with van der Waals surface area (Å²) in [6.07, 6.45) is 1.69. The first kappa shape index (κ1) is 19.0. The lowest BCUT2D eigenvalue weighted by Crippen LogP contribution is -2.66. The number of para-hydroxylation sites is 1. The summed E-state index contributed by atoms with van der Waals surface area (Å²) >= 11 is 0. The van der Waals surface area contributed by atoms with Gasteiger partial charge >= 0.3 is 0 Å². The van der Waals surface area contributed by atoms with Crippen LogP contribution in [-0.4, -0.2) is 22.7 Å². The Morgan fingerprint density at radius 2 is 1.30 bits per heavy atom. The minimum absolute atomic E-state index is 0.0509. The van der Waals surface area contributed by atoms with Crippen LogP contribution in [-0.2, 0) is 15.2 Å². The highest BCUT2D eigenvalue weighted by molar-refractivity contribution is 6.03. The highest BCUT2D eigenvalue weighted by atomic mass is 16.7. The molecule has 0 bridgehead atoms. The van der Waals surface area contributed by atoms with E-state index in [1.807, 2.05) is 95.9 Å². The summed E-state index contributed by atoms with van der Waals surface area (Å²) in [5.41, 5.74) is 1.14. The molecule has 2 aliphatic rings. The van der Waals surface area contributed by atoms with Crippen molar-refractivity contribution < 1.29 is 9.63 Å². The van der Waals surface area contributed by atoms with E-state index in [1.165, 1.54) is 0 Å². The zero-order valence-corrected chi connectivity index (χ0v) is 17.4. The fourth-order valence-corrected chi connectivity index (χ4v) is 4.77. The summed E-state index contributed by atoms with van der Waals surface area (Å²) < 4.78 is 0. The van der Waals surface area contributed by atoms with Crippen molar-refractivity contribution in [3.8, 4) is 0 Å². The van der Waals surface area contributed by atoms with Crippen LogP contribution < -0.4 is 4.90 Å². The van der Waals surface area contributed by atoms with Crippen LogP contribution in [0.4, 0.5) is 5.69 Å². The Balaban J connectivity index is 1.77. The van der Waals surface area contributed by atoms with E-state index in [2.05, 4.69) is 18.9 Å². The molecular weight excluding hydrogens is 372 g/mol. The topological polar surface area (TPSA) is 32.8 Å². The van der Waals surface area contributed by atoms with Gasteiger partial charge in [-0.3, -0.25) is 14.5 Å². The van der Waals surface area contributed by atoms with Crippen molar-refractivity contribution in [2.75, 3.05) is 4.90 Å². The molecule has 2 saturated heterocycles. The molecule has 2 aliphatic heterocycles. The van der Waals surface area contributed by atoms with E-state index < -0.39 is 5.60 Å². The highest BCUT2D eigenvalue weighted by Gasteiger charge is 2.59. The van der Waals surface area contributed by atoms with E-state index in [-0.39, 0.29) is 17.6 Å². The summed E-state index contributed by atoms with van der Waals surface area (Å²) in [5, 5.41) is 2.06. The third-order valence-corrected chi connectivity index (χ3v) is 6.33. The molecule has 0 aromatic heterocycles. The van der Waals surface area contributed by atoms with Crippen LogP contribution in [0.25, 0.3) is 0 Å². The van der Waals surface area contributed by atoms with Gasteiger partial charge in [0.05, 0.1) is 0 Å². The van der Waals surface area contributed by atoms with Crippen molar-refractivity contribution in [3.63, 3.8) is 0 Å². The number of hydroxylamine groups is 2. The predicted molar refractivity (Wildman–Crippen MR) is 118 cm³/mol. The Morgan fingerprint density at radius 3 is 1.83 bits per heavy atom. The third-order valence-electron chi connectivity index (χ3n) is 6.33. The second-order valence-corrected chi connectivity index (χ2v) is 8.67. The summed E-state index contributed by atoms with van der Waals surface area (Å²) in [6.45, 7) is 4.37. The maximum atomic E-state index is 14.4. The van der Waals surface area contributed by atoms with Gasteiger partial charge in [-0.05, 0) is 49.9 Å². The van der Waals surface area contributed by atoms with Crippen LogP contribution in [0.2, 0.25) is 0 Å². The molecule has 0 unspecified atom stereocenters. The number of nitrogens with zero attached hydrogens (tertiary/aromatic N) is 2. The lowest BCUT2D eigenvalue weighted by molar-refractivity contribution is -0.287. The zero-order valence-electron chi connectivity index (χ0n) is 17.4. The molecule has 0 aliphatic carbocycles. The molecule has 4 heteroatoms. The number of fused-ring (bicyclic) bond motifs is 1. The van der Waals surface area contributed by atoms with Crippen LogP contribution in [0.3, 0.4) is 0 Å². The Bertz CT molecular complexity index is 995. The monoisotopic (exact) mass is 398 g/mol. The first-order chi connectivity index (χ1) is 14.5. The Labute approximate surface area is 177 Å². The number of amides is 1. The van der Waals surface area contributed by atoms with E-state index in [0.717, 1.165) is 29.7 Å². The Kier molecular flexibility index (Phi) is 4.49. The molecule has 1 amide bonds. The Hall–Kier alpha value is -2.95. The molecule has 0 saturated carbocycles. The molecule has 4 nitrogen and oxygen atoms in total. The molecule has 2 heterocycles. The number of hydrogen-bond acceptors (Lipinski definition) is 3. The van der Waals surface area contributed by atoms with E-state index in [9.17, 15) is 4.79 Å². The van der Waals surface area contributed by atoms with Crippen LogP contribution in [0.5, 0.6) is 0 Å². The van der Waals surface area contributed by atoms with E-state index in [1.54, 1.807) is 0 Å². The lowest BCUT2D eigenvalue weighted by Gasteiger charge is -2.51. The quantitative estimate of drug-likeness (QED) is 0.615. The van der Waals surface area contributed by atoms with Crippen molar-refractivity contribution in [1.82, 2.24) is 5.06 Å². The molecule has 30 heavy (non-hydrogen) atoms. The number of anilines is 1. The normalized spacial score (nSPS) is 22.7. The van der Waals surface area contributed by atoms with Gasteiger partial charge in [-0.15, -0.1) is 0 Å². The van der Waals surface area contributed by atoms with Gasteiger partial charge in [0, 0.05) is 11.2 Å². The molecule has 0 spiro atoms. The van der Waals surface area contributed by atoms with Gasteiger partial charge in [-0.2, -0.15) is 5.06 Å². The molecule has 152 valence electrons. The van der Waals surface area contributed by atoms with Gasteiger partial charge < -0.3 is 0 Å². The fraction of sp³-hybridized carbons (Fsp3) is 0.269. The maximum absolute atomic E-state index is 14.4. The van der Waals surface area contributed by atoms with Gasteiger partial charge in [-0.25, -0.2) is 0 Å². The molecule has 3 aromatic carbocycles. The van der Waals surface area contributed by atoms with E-state index >= 15 is 0 Å². The van der Waals surface area contributed by atoms with Gasteiger partial charge in [0.1, 0.15) is 6.17 Å². The Morgan fingerprint density at radius 1 is 0.800 bits per heavy atom. The number of hydrogen-bond donors (Lipinski definition) is 0. The number of benzene rings is 3. The van der Waals surface area contributed by atoms with Gasteiger partial charge in [0.2, 0.25) is 5.60 Å². The highest BCUT2D eigenvalue weighted by Crippen LogP contribution is 2.49. The van der Waals surface area contributed by atoms with Crippen molar-refractivity contribution in [2.24, 2.45) is 0 Å². The van der Waals surface area contributed by atoms with Crippen molar-refractivity contribution in [1.29, 1.82) is 0 Å². The first-order valence-electron chi connectivity index (χ1n) is 10.5. The van der Waals surface area contributed by atoms with Crippen LogP contribution in [0.15, 0.2) is 91.0 Å². The standard InChI is InChI=1S/C26H26N2O2/c1-25(2)19-18-23-27(22-16-10-5-11-17-22)24(29)26(30-28(23)25,20-12-6-3-7-13-20)21-14-8-4-9-15-21/h3-17,23H,18-19H2,1-2H3/t23-/m0/s1. The molecule has 0 radical (unpaired) electrons. The minimum atomic E-state index is -1.24. The third kappa shape index (κ3) is 2.79. The first-order valence-corrected chi connectivity index (χ1v) is 10.5. The zero-order chi connectivity index (χ0) is 20.8. The fourth-order valence-electron chi connectivity index (χ4n) is 4.77. The molecule has 5 rings (SSSR count). The SMILES string of the molecule is CC1(C)CC[C@H]2N(c3ccccc3)C(=O)C(c3ccccc3)(c3ccccc3)ON21. The summed E-state index contributed by atoms with van der Waals surface area (Å²) in [6, 6.07) is 29.7. The van der Waals surface area contributed by atoms with E-state index in [4.69, 9.17) is 4.84 Å².